The standard InChI is InChI=1S/C24H22N2O4S/c1-3-30-19-8-5-4-7-18(19)25-22-21(20-9-6-14-31-20)23(27)26(24(22)28)15-16-10-12-17(29-2)13-11-16/h4-14,25H,3,15H2,1-2H3. The van der Waals surface area contributed by atoms with Crippen LogP contribution in [0.2, 0.25) is 0 Å². The fourth-order valence-corrected chi connectivity index (χ4v) is 4.15. The van der Waals surface area contributed by atoms with Gasteiger partial charge in [-0.15, -0.1) is 11.3 Å². The molecule has 158 valence electrons. The Kier molecular flexibility index (Phi) is 6.04. The zero-order valence-corrected chi connectivity index (χ0v) is 18.1. The first-order chi connectivity index (χ1) is 15.1. The molecule has 6 nitrogen and oxygen atoms in total. The van der Waals surface area contributed by atoms with E-state index in [-0.39, 0.29) is 24.1 Å². The molecule has 0 fully saturated rings. The van der Waals surface area contributed by atoms with Crippen molar-refractivity contribution >= 4 is 34.4 Å². The molecule has 1 aromatic heterocycles. The molecule has 0 spiro atoms. The van der Waals surface area contributed by atoms with E-state index in [2.05, 4.69) is 5.32 Å². The zero-order valence-electron chi connectivity index (χ0n) is 17.3. The maximum absolute atomic E-state index is 13.3. The highest BCUT2D eigenvalue weighted by Gasteiger charge is 2.39. The van der Waals surface area contributed by atoms with Crippen LogP contribution >= 0.6 is 11.3 Å². The van der Waals surface area contributed by atoms with Crippen LogP contribution in [0, 0.1) is 0 Å². The fraction of sp³-hybridized carbons (Fsp3) is 0.167. The lowest BCUT2D eigenvalue weighted by Crippen LogP contribution is -2.32. The summed E-state index contributed by atoms with van der Waals surface area (Å²) in [6.45, 7) is 2.56. The Labute approximate surface area is 184 Å². The molecule has 3 aromatic rings. The predicted molar refractivity (Wildman–Crippen MR) is 121 cm³/mol. The summed E-state index contributed by atoms with van der Waals surface area (Å²) in [6, 6.07) is 18.4. The molecule has 0 atom stereocenters. The third-order valence-electron chi connectivity index (χ3n) is 4.88. The van der Waals surface area contributed by atoms with E-state index in [0.717, 1.165) is 16.2 Å². The number of thiophene rings is 1. The highest BCUT2D eigenvalue weighted by molar-refractivity contribution is 7.11. The summed E-state index contributed by atoms with van der Waals surface area (Å²) in [5, 5.41) is 5.06. The second kappa shape index (κ2) is 9.06. The van der Waals surface area contributed by atoms with Gasteiger partial charge in [0.05, 0.1) is 31.5 Å². The number of methoxy groups -OCH3 is 1. The summed E-state index contributed by atoms with van der Waals surface area (Å²) in [5.74, 6) is 0.655. The quantitative estimate of drug-likeness (QED) is 0.527. The van der Waals surface area contributed by atoms with Crippen molar-refractivity contribution in [1.82, 2.24) is 4.90 Å². The number of amides is 2. The van der Waals surface area contributed by atoms with E-state index in [1.165, 1.54) is 16.2 Å². The first-order valence-electron chi connectivity index (χ1n) is 9.88. The van der Waals surface area contributed by atoms with Crippen LogP contribution in [0.5, 0.6) is 11.5 Å². The number of imide groups is 1. The van der Waals surface area contributed by atoms with Crippen molar-refractivity contribution in [1.29, 1.82) is 0 Å². The molecule has 2 amide bonds. The Morgan fingerprint density at radius 2 is 1.74 bits per heavy atom. The van der Waals surface area contributed by atoms with Crippen molar-refractivity contribution in [3.8, 4) is 11.5 Å². The average Bonchev–Trinajstić information content (AvgIpc) is 3.39. The van der Waals surface area contributed by atoms with Crippen LogP contribution in [0.25, 0.3) is 5.57 Å². The molecule has 1 aliphatic rings. The number of anilines is 1. The Hall–Kier alpha value is -3.58. The summed E-state index contributed by atoms with van der Waals surface area (Å²) in [6.07, 6.45) is 0. The molecular formula is C24H22N2O4S. The molecular weight excluding hydrogens is 412 g/mol. The summed E-state index contributed by atoms with van der Waals surface area (Å²) < 4.78 is 10.9. The third-order valence-corrected chi connectivity index (χ3v) is 5.77. The first kappa shape index (κ1) is 20.7. The highest BCUT2D eigenvalue weighted by atomic mass is 32.1. The van der Waals surface area contributed by atoms with Gasteiger partial charge in [-0.25, -0.2) is 0 Å². The van der Waals surface area contributed by atoms with E-state index in [0.29, 0.717) is 23.6 Å². The van der Waals surface area contributed by atoms with Gasteiger partial charge >= 0.3 is 0 Å². The van der Waals surface area contributed by atoms with Gasteiger partial charge in [0, 0.05) is 4.88 Å². The van der Waals surface area contributed by atoms with Crippen LogP contribution < -0.4 is 14.8 Å². The molecule has 2 aromatic carbocycles. The number of rotatable bonds is 8. The molecule has 0 unspecified atom stereocenters. The van der Waals surface area contributed by atoms with Crippen LogP contribution in [-0.2, 0) is 16.1 Å². The number of para-hydroxylation sites is 2. The molecule has 0 saturated carbocycles. The van der Waals surface area contributed by atoms with Crippen LogP contribution in [0.3, 0.4) is 0 Å². The van der Waals surface area contributed by atoms with E-state index in [4.69, 9.17) is 9.47 Å². The molecule has 1 N–H and O–H groups in total. The number of nitrogens with one attached hydrogen (secondary N) is 1. The maximum Gasteiger partial charge on any atom is 0.278 e. The summed E-state index contributed by atoms with van der Waals surface area (Å²) >= 11 is 1.42. The highest BCUT2D eigenvalue weighted by Crippen LogP contribution is 2.35. The SMILES string of the molecule is CCOc1ccccc1NC1=C(c2cccs2)C(=O)N(Cc2ccc(OC)cc2)C1=O. The van der Waals surface area contributed by atoms with Crippen LogP contribution in [-0.4, -0.2) is 30.4 Å². The molecule has 2 heterocycles. The molecule has 0 saturated heterocycles. The van der Waals surface area contributed by atoms with E-state index < -0.39 is 0 Å². The van der Waals surface area contributed by atoms with Crippen molar-refractivity contribution in [2.24, 2.45) is 0 Å². The molecule has 0 aliphatic carbocycles. The van der Waals surface area contributed by atoms with Gasteiger partial charge in [-0.1, -0.05) is 30.3 Å². The molecule has 0 bridgehead atoms. The topological polar surface area (TPSA) is 67.9 Å². The second-order valence-corrected chi connectivity index (χ2v) is 7.77. The number of nitrogens with zero attached hydrogens (tertiary/aromatic N) is 1. The Morgan fingerprint density at radius 1 is 0.968 bits per heavy atom. The monoisotopic (exact) mass is 434 g/mol. The minimum Gasteiger partial charge on any atom is -0.497 e. The normalized spacial score (nSPS) is 13.7. The van der Waals surface area contributed by atoms with Crippen molar-refractivity contribution in [2.75, 3.05) is 19.0 Å². The lowest BCUT2D eigenvalue weighted by atomic mass is 10.1. The minimum atomic E-state index is -0.365. The summed E-state index contributed by atoms with van der Waals surface area (Å²) in [5.41, 5.74) is 2.11. The number of hydrogen-bond donors (Lipinski definition) is 1. The fourth-order valence-electron chi connectivity index (χ4n) is 3.38. The van der Waals surface area contributed by atoms with E-state index in [9.17, 15) is 9.59 Å². The number of hydrogen-bond acceptors (Lipinski definition) is 6. The number of ether oxygens (including phenoxy) is 2. The van der Waals surface area contributed by atoms with Gasteiger partial charge in [0.1, 0.15) is 17.2 Å². The lowest BCUT2D eigenvalue weighted by Gasteiger charge is -2.16. The third kappa shape index (κ3) is 4.18. The molecule has 7 heteroatoms. The number of benzene rings is 2. The predicted octanol–water partition coefficient (Wildman–Crippen LogP) is 4.55. The van der Waals surface area contributed by atoms with Crippen molar-refractivity contribution < 1.29 is 19.1 Å². The van der Waals surface area contributed by atoms with Gasteiger partial charge in [0.25, 0.3) is 11.8 Å². The Morgan fingerprint density at radius 3 is 2.42 bits per heavy atom. The van der Waals surface area contributed by atoms with Crippen molar-refractivity contribution in [3.05, 3.63) is 82.2 Å². The summed E-state index contributed by atoms with van der Waals surface area (Å²) in [4.78, 5) is 28.7. The largest absolute Gasteiger partial charge is 0.497 e. The smallest absolute Gasteiger partial charge is 0.278 e. The van der Waals surface area contributed by atoms with E-state index >= 15 is 0 Å². The van der Waals surface area contributed by atoms with Gasteiger partial charge in [-0.3, -0.25) is 14.5 Å². The van der Waals surface area contributed by atoms with Crippen LogP contribution in [0.1, 0.15) is 17.4 Å². The Bertz CT molecular complexity index is 1120. The van der Waals surface area contributed by atoms with Gasteiger partial charge in [0.15, 0.2) is 0 Å². The molecule has 1 aliphatic heterocycles. The van der Waals surface area contributed by atoms with Gasteiger partial charge < -0.3 is 14.8 Å². The maximum atomic E-state index is 13.3. The van der Waals surface area contributed by atoms with E-state index in [1.807, 2.05) is 73.0 Å². The summed E-state index contributed by atoms with van der Waals surface area (Å²) in [7, 11) is 1.60. The average molecular weight is 435 g/mol. The van der Waals surface area contributed by atoms with Gasteiger partial charge in [0.2, 0.25) is 0 Å². The zero-order chi connectivity index (χ0) is 21.8. The lowest BCUT2D eigenvalue weighted by molar-refractivity contribution is -0.137. The van der Waals surface area contributed by atoms with Crippen molar-refractivity contribution in [2.45, 2.75) is 13.5 Å². The first-order valence-corrected chi connectivity index (χ1v) is 10.8. The van der Waals surface area contributed by atoms with Gasteiger partial charge in [-0.2, -0.15) is 0 Å². The van der Waals surface area contributed by atoms with Gasteiger partial charge in [-0.05, 0) is 48.2 Å². The number of carbonyl (C=O) groups excluding carboxylic acids is 2. The molecule has 31 heavy (non-hydrogen) atoms. The van der Waals surface area contributed by atoms with Crippen LogP contribution in [0.15, 0.2) is 71.7 Å². The second-order valence-electron chi connectivity index (χ2n) is 6.83. The molecule has 4 rings (SSSR count). The van der Waals surface area contributed by atoms with Crippen molar-refractivity contribution in [3.63, 3.8) is 0 Å². The van der Waals surface area contributed by atoms with Crippen LogP contribution in [0.4, 0.5) is 5.69 Å². The molecule has 0 radical (unpaired) electrons. The van der Waals surface area contributed by atoms with E-state index in [1.54, 1.807) is 7.11 Å². The Balaban J connectivity index is 1.68. The minimum absolute atomic E-state index is 0.175. The number of carbonyl (C=O) groups is 2.